The van der Waals surface area contributed by atoms with Crippen molar-refractivity contribution in [3.8, 4) is 0 Å². The van der Waals surface area contributed by atoms with Gasteiger partial charge in [-0.15, -0.1) is 0 Å². The van der Waals surface area contributed by atoms with Crippen molar-refractivity contribution >= 4 is 0 Å². The lowest BCUT2D eigenvalue weighted by Crippen LogP contribution is -2.28. The molecule has 17 heavy (non-hydrogen) atoms. The molecule has 3 heteroatoms. The Balaban J connectivity index is 2.81. The van der Waals surface area contributed by atoms with Crippen LogP contribution in [-0.2, 0) is 0 Å². The lowest BCUT2D eigenvalue weighted by molar-refractivity contribution is 0.361. The molecule has 0 fully saturated rings. The van der Waals surface area contributed by atoms with Crippen LogP contribution < -0.4 is 5.32 Å². The number of hydrogen-bond donors (Lipinski definition) is 1. The monoisotopic (exact) mass is 238 g/mol. The summed E-state index contributed by atoms with van der Waals surface area (Å²) in [7, 11) is 0. The van der Waals surface area contributed by atoms with Gasteiger partial charge in [0.25, 0.3) is 0 Å². The van der Waals surface area contributed by atoms with E-state index in [1.165, 1.54) is 6.20 Å². The smallest absolute Gasteiger partial charge is 0.141 e. The van der Waals surface area contributed by atoms with E-state index in [9.17, 15) is 4.39 Å². The van der Waals surface area contributed by atoms with E-state index in [-0.39, 0.29) is 11.9 Å². The highest BCUT2D eigenvalue weighted by molar-refractivity contribution is 5.16. The second-order valence-electron chi connectivity index (χ2n) is 4.63. The first-order valence-electron chi connectivity index (χ1n) is 6.52. The van der Waals surface area contributed by atoms with Gasteiger partial charge in [0, 0.05) is 12.2 Å². The van der Waals surface area contributed by atoms with Crippen LogP contribution >= 0.6 is 0 Å². The van der Waals surface area contributed by atoms with E-state index in [0.29, 0.717) is 5.92 Å². The van der Waals surface area contributed by atoms with E-state index in [2.05, 4.69) is 31.1 Å². The van der Waals surface area contributed by atoms with E-state index >= 15 is 0 Å². The van der Waals surface area contributed by atoms with Crippen molar-refractivity contribution in [1.82, 2.24) is 10.3 Å². The van der Waals surface area contributed by atoms with E-state index in [4.69, 9.17) is 0 Å². The summed E-state index contributed by atoms with van der Waals surface area (Å²) in [6.45, 7) is 7.48. The SMILES string of the molecule is CCCNC(c1cncc(F)c1)C(C)CCC. The average Bonchev–Trinajstić information content (AvgIpc) is 2.30. The molecule has 1 aromatic heterocycles. The zero-order valence-corrected chi connectivity index (χ0v) is 11.0. The molecule has 0 bridgehead atoms. The van der Waals surface area contributed by atoms with E-state index in [1.54, 1.807) is 12.3 Å². The summed E-state index contributed by atoms with van der Waals surface area (Å²) >= 11 is 0. The molecule has 0 aliphatic rings. The van der Waals surface area contributed by atoms with Crippen molar-refractivity contribution in [3.05, 3.63) is 29.8 Å². The Morgan fingerprint density at radius 3 is 2.65 bits per heavy atom. The highest BCUT2D eigenvalue weighted by atomic mass is 19.1. The minimum absolute atomic E-state index is 0.207. The molecule has 96 valence electrons. The second kappa shape index (κ2) is 7.38. The number of aromatic nitrogens is 1. The van der Waals surface area contributed by atoms with E-state index in [0.717, 1.165) is 31.4 Å². The maximum atomic E-state index is 13.2. The van der Waals surface area contributed by atoms with Crippen molar-refractivity contribution in [2.75, 3.05) is 6.54 Å². The zero-order chi connectivity index (χ0) is 12.7. The number of rotatable bonds is 7. The number of halogens is 1. The molecule has 2 unspecified atom stereocenters. The van der Waals surface area contributed by atoms with Gasteiger partial charge in [-0.25, -0.2) is 4.39 Å². The summed E-state index contributed by atoms with van der Waals surface area (Å²) < 4.78 is 13.2. The van der Waals surface area contributed by atoms with Crippen LogP contribution in [0.25, 0.3) is 0 Å². The minimum Gasteiger partial charge on any atom is -0.310 e. The number of hydrogen-bond acceptors (Lipinski definition) is 2. The fourth-order valence-corrected chi connectivity index (χ4v) is 2.17. The molecule has 0 aromatic carbocycles. The minimum atomic E-state index is -0.255. The molecule has 0 amide bonds. The molecule has 0 radical (unpaired) electrons. The van der Waals surface area contributed by atoms with E-state index in [1.807, 2.05) is 0 Å². The van der Waals surface area contributed by atoms with Crippen LogP contribution in [0.4, 0.5) is 4.39 Å². The predicted molar refractivity (Wildman–Crippen MR) is 69.3 cm³/mol. The summed E-state index contributed by atoms with van der Waals surface area (Å²) in [5, 5.41) is 3.49. The quantitative estimate of drug-likeness (QED) is 0.783. The van der Waals surface area contributed by atoms with Gasteiger partial charge in [-0.2, -0.15) is 0 Å². The third-order valence-corrected chi connectivity index (χ3v) is 3.01. The van der Waals surface area contributed by atoms with Gasteiger partial charge in [0.05, 0.1) is 6.20 Å². The maximum Gasteiger partial charge on any atom is 0.141 e. The Bertz CT molecular complexity index is 328. The van der Waals surface area contributed by atoms with Crippen LogP contribution in [-0.4, -0.2) is 11.5 Å². The van der Waals surface area contributed by atoms with Crippen molar-refractivity contribution < 1.29 is 4.39 Å². The topological polar surface area (TPSA) is 24.9 Å². The molecule has 1 rings (SSSR count). The third-order valence-electron chi connectivity index (χ3n) is 3.01. The molecule has 1 N–H and O–H groups in total. The van der Waals surface area contributed by atoms with Gasteiger partial charge in [-0.3, -0.25) is 4.98 Å². The van der Waals surface area contributed by atoms with Crippen LogP contribution in [0.15, 0.2) is 18.5 Å². The highest BCUT2D eigenvalue weighted by Gasteiger charge is 2.18. The molecule has 0 aliphatic heterocycles. The summed E-state index contributed by atoms with van der Waals surface area (Å²) in [6, 6.07) is 1.80. The molecule has 0 aliphatic carbocycles. The van der Waals surface area contributed by atoms with Crippen LogP contribution in [0, 0.1) is 11.7 Å². The lowest BCUT2D eigenvalue weighted by Gasteiger charge is -2.25. The molecule has 2 nitrogen and oxygen atoms in total. The Morgan fingerprint density at radius 1 is 1.29 bits per heavy atom. The summed E-state index contributed by atoms with van der Waals surface area (Å²) in [5.74, 6) is 0.240. The molecule has 1 heterocycles. The zero-order valence-electron chi connectivity index (χ0n) is 11.0. The molecular formula is C14H23FN2. The van der Waals surface area contributed by atoms with Gasteiger partial charge in [0.2, 0.25) is 0 Å². The van der Waals surface area contributed by atoms with Crippen LogP contribution in [0.5, 0.6) is 0 Å². The van der Waals surface area contributed by atoms with Crippen molar-refractivity contribution in [2.45, 2.75) is 46.1 Å². The number of nitrogens with one attached hydrogen (secondary N) is 1. The van der Waals surface area contributed by atoms with Crippen LogP contribution in [0.1, 0.15) is 51.6 Å². The summed E-state index contributed by atoms with van der Waals surface area (Å²) in [4.78, 5) is 3.94. The maximum absolute atomic E-state index is 13.2. The molecule has 2 atom stereocenters. The van der Waals surface area contributed by atoms with Crippen LogP contribution in [0.3, 0.4) is 0 Å². The molecule has 0 saturated heterocycles. The van der Waals surface area contributed by atoms with Crippen molar-refractivity contribution in [2.24, 2.45) is 5.92 Å². The van der Waals surface area contributed by atoms with Crippen molar-refractivity contribution in [1.29, 1.82) is 0 Å². The Morgan fingerprint density at radius 2 is 2.06 bits per heavy atom. The average molecular weight is 238 g/mol. The highest BCUT2D eigenvalue weighted by Crippen LogP contribution is 2.25. The van der Waals surface area contributed by atoms with Gasteiger partial charge in [0.1, 0.15) is 5.82 Å². The van der Waals surface area contributed by atoms with Gasteiger partial charge >= 0.3 is 0 Å². The fraction of sp³-hybridized carbons (Fsp3) is 0.643. The normalized spacial score (nSPS) is 14.6. The van der Waals surface area contributed by atoms with Crippen LogP contribution in [0.2, 0.25) is 0 Å². The van der Waals surface area contributed by atoms with Gasteiger partial charge in [0.15, 0.2) is 0 Å². The predicted octanol–water partition coefficient (Wildman–Crippen LogP) is 3.70. The third kappa shape index (κ3) is 4.43. The second-order valence-corrected chi connectivity index (χ2v) is 4.63. The summed E-state index contributed by atoms with van der Waals surface area (Å²) in [6.07, 6.45) is 6.39. The Labute approximate surface area is 104 Å². The molecule has 0 saturated carbocycles. The fourth-order valence-electron chi connectivity index (χ4n) is 2.17. The van der Waals surface area contributed by atoms with E-state index < -0.39 is 0 Å². The largest absolute Gasteiger partial charge is 0.310 e. The number of nitrogens with zero attached hydrogens (tertiary/aromatic N) is 1. The van der Waals surface area contributed by atoms with Crippen molar-refractivity contribution in [3.63, 3.8) is 0 Å². The molecule has 1 aromatic rings. The summed E-state index contributed by atoms with van der Waals surface area (Å²) in [5.41, 5.74) is 0.958. The molecule has 0 spiro atoms. The first kappa shape index (κ1) is 14.1. The van der Waals surface area contributed by atoms with Gasteiger partial charge in [-0.1, -0.05) is 27.2 Å². The van der Waals surface area contributed by atoms with Gasteiger partial charge in [-0.05, 0) is 36.9 Å². The first-order chi connectivity index (χ1) is 8.19. The Kier molecular flexibility index (Phi) is 6.12. The molecular weight excluding hydrogens is 215 g/mol. The first-order valence-corrected chi connectivity index (χ1v) is 6.52. The number of pyridine rings is 1. The Hall–Kier alpha value is -0.960. The van der Waals surface area contributed by atoms with Gasteiger partial charge < -0.3 is 5.32 Å². The standard InChI is InChI=1S/C14H23FN2/c1-4-6-11(3)14(17-7-5-2)12-8-13(15)10-16-9-12/h8-11,14,17H,4-7H2,1-3H3. The lowest BCUT2D eigenvalue weighted by atomic mass is 9.92.